The summed E-state index contributed by atoms with van der Waals surface area (Å²) < 4.78 is 0. The van der Waals surface area contributed by atoms with E-state index in [2.05, 4.69) is 29.3 Å². The van der Waals surface area contributed by atoms with Crippen LogP contribution in [0.25, 0.3) is 0 Å². The van der Waals surface area contributed by atoms with Crippen LogP contribution in [0.3, 0.4) is 0 Å². The molecule has 0 radical (unpaired) electrons. The maximum atomic E-state index is 4.78. The third kappa shape index (κ3) is 2.36. The molecule has 3 heteroatoms. The molecule has 2 bridgehead atoms. The molecule has 2 atom stereocenters. The summed E-state index contributed by atoms with van der Waals surface area (Å²) in [5, 5.41) is 3.61. The third-order valence-electron chi connectivity index (χ3n) is 4.88. The van der Waals surface area contributed by atoms with Crippen molar-refractivity contribution in [2.24, 2.45) is 5.92 Å². The summed E-state index contributed by atoms with van der Waals surface area (Å²) >= 11 is 0. The second-order valence-electron chi connectivity index (χ2n) is 6.62. The first-order chi connectivity index (χ1) is 9.28. The Balaban J connectivity index is 1.53. The summed E-state index contributed by atoms with van der Waals surface area (Å²) in [4.78, 5) is 7.33. The Kier molecular flexibility index (Phi) is 2.76. The van der Waals surface area contributed by atoms with Gasteiger partial charge in [-0.15, -0.1) is 0 Å². The molecule has 3 fully saturated rings. The molecule has 0 amide bonds. The Hall–Kier alpha value is -1.09. The van der Waals surface area contributed by atoms with Crippen molar-refractivity contribution in [3.8, 4) is 0 Å². The Bertz CT molecular complexity index is 481. The van der Waals surface area contributed by atoms with E-state index in [9.17, 15) is 0 Å². The first kappa shape index (κ1) is 11.7. The molecule has 4 rings (SSSR count). The van der Waals surface area contributed by atoms with Gasteiger partial charge in [0.1, 0.15) is 5.82 Å². The van der Waals surface area contributed by atoms with Crippen molar-refractivity contribution in [2.75, 3.05) is 11.4 Å². The van der Waals surface area contributed by atoms with Crippen LogP contribution in [0, 0.1) is 12.8 Å². The highest BCUT2D eigenvalue weighted by Crippen LogP contribution is 2.39. The van der Waals surface area contributed by atoms with Gasteiger partial charge in [0, 0.05) is 30.9 Å². The summed E-state index contributed by atoms with van der Waals surface area (Å²) in [5.41, 5.74) is 2.56. The lowest BCUT2D eigenvalue weighted by atomic mass is 10.1. The quantitative estimate of drug-likeness (QED) is 0.898. The van der Waals surface area contributed by atoms with Crippen molar-refractivity contribution < 1.29 is 0 Å². The SMILES string of the molecule is Cc1cc(CNC2CC2)cc(N2CC3CCC2C3)n1. The molecule has 1 aromatic heterocycles. The number of nitrogens with zero attached hydrogens (tertiary/aromatic N) is 2. The van der Waals surface area contributed by atoms with Gasteiger partial charge in [-0.2, -0.15) is 0 Å². The number of hydrogen-bond donors (Lipinski definition) is 1. The van der Waals surface area contributed by atoms with Gasteiger partial charge in [-0.1, -0.05) is 0 Å². The molecule has 1 aromatic rings. The molecule has 3 nitrogen and oxygen atoms in total. The maximum Gasteiger partial charge on any atom is 0.129 e. The fourth-order valence-electron chi connectivity index (χ4n) is 3.73. The van der Waals surface area contributed by atoms with Gasteiger partial charge in [0.25, 0.3) is 0 Å². The molecule has 2 aliphatic carbocycles. The monoisotopic (exact) mass is 257 g/mol. The molecule has 1 N–H and O–H groups in total. The van der Waals surface area contributed by atoms with Crippen LogP contribution in [0.1, 0.15) is 43.4 Å². The Morgan fingerprint density at radius 1 is 1.26 bits per heavy atom. The van der Waals surface area contributed by atoms with E-state index in [0.717, 1.165) is 30.2 Å². The normalized spacial score (nSPS) is 29.2. The van der Waals surface area contributed by atoms with E-state index in [1.54, 1.807) is 0 Å². The van der Waals surface area contributed by atoms with Crippen molar-refractivity contribution in [2.45, 2.75) is 57.7 Å². The molecule has 1 saturated heterocycles. The zero-order valence-electron chi connectivity index (χ0n) is 11.7. The number of pyridine rings is 1. The highest BCUT2D eigenvalue weighted by Gasteiger charge is 2.38. The van der Waals surface area contributed by atoms with E-state index in [4.69, 9.17) is 4.98 Å². The van der Waals surface area contributed by atoms with Crippen LogP contribution in [0.5, 0.6) is 0 Å². The van der Waals surface area contributed by atoms with Crippen molar-refractivity contribution in [1.82, 2.24) is 10.3 Å². The number of aryl methyl sites for hydroxylation is 1. The van der Waals surface area contributed by atoms with Crippen LogP contribution in [0.4, 0.5) is 5.82 Å². The molecule has 19 heavy (non-hydrogen) atoms. The van der Waals surface area contributed by atoms with Gasteiger partial charge in [0.2, 0.25) is 0 Å². The Morgan fingerprint density at radius 3 is 2.84 bits per heavy atom. The second kappa shape index (κ2) is 4.48. The van der Waals surface area contributed by atoms with Crippen molar-refractivity contribution in [3.05, 3.63) is 23.4 Å². The Morgan fingerprint density at radius 2 is 2.16 bits per heavy atom. The molecule has 102 valence electrons. The number of hydrogen-bond acceptors (Lipinski definition) is 3. The molecule has 1 aliphatic heterocycles. The van der Waals surface area contributed by atoms with Crippen molar-refractivity contribution >= 4 is 5.82 Å². The summed E-state index contributed by atoms with van der Waals surface area (Å²) in [6, 6.07) is 6.08. The number of piperidine rings is 1. The maximum absolute atomic E-state index is 4.78. The van der Waals surface area contributed by atoms with Gasteiger partial charge in [-0.05, 0) is 62.6 Å². The Labute approximate surface area is 115 Å². The molecule has 2 unspecified atom stereocenters. The predicted octanol–water partition coefficient (Wildman–Crippen LogP) is 2.63. The molecule has 0 aromatic carbocycles. The third-order valence-corrected chi connectivity index (χ3v) is 4.88. The van der Waals surface area contributed by atoms with Crippen LogP contribution in [-0.2, 0) is 6.54 Å². The molecule has 2 saturated carbocycles. The molecular weight excluding hydrogens is 234 g/mol. The number of nitrogens with one attached hydrogen (secondary N) is 1. The lowest BCUT2D eigenvalue weighted by molar-refractivity contribution is 0.550. The van der Waals surface area contributed by atoms with Crippen molar-refractivity contribution in [3.63, 3.8) is 0 Å². The van der Waals surface area contributed by atoms with Gasteiger partial charge >= 0.3 is 0 Å². The summed E-state index contributed by atoms with van der Waals surface area (Å²) in [5.74, 6) is 2.15. The van der Waals surface area contributed by atoms with Gasteiger partial charge < -0.3 is 10.2 Å². The first-order valence-corrected chi connectivity index (χ1v) is 7.75. The zero-order chi connectivity index (χ0) is 12.8. The predicted molar refractivity (Wildman–Crippen MR) is 77.3 cm³/mol. The van der Waals surface area contributed by atoms with Crippen LogP contribution in [-0.4, -0.2) is 23.6 Å². The first-order valence-electron chi connectivity index (χ1n) is 7.75. The molecular formula is C16H23N3. The van der Waals surface area contributed by atoms with E-state index in [1.165, 1.54) is 50.0 Å². The van der Waals surface area contributed by atoms with E-state index < -0.39 is 0 Å². The molecule has 3 aliphatic rings. The average molecular weight is 257 g/mol. The average Bonchev–Trinajstić information content (AvgIpc) is 2.99. The van der Waals surface area contributed by atoms with E-state index >= 15 is 0 Å². The topological polar surface area (TPSA) is 28.2 Å². The van der Waals surface area contributed by atoms with Crippen LogP contribution in [0.15, 0.2) is 12.1 Å². The minimum Gasteiger partial charge on any atom is -0.353 e. The lowest BCUT2D eigenvalue weighted by Gasteiger charge is -2.28. The van der Waals surface area contributed by atoms with Gasteiger partial charge in [0.05, 0.1) is 0 Å². The molecule has 2 heterocycles. The molecule has 0 spiro atoms. The lowest BCUT2D eigenvalue weighted by Crippen LogP contribution is -2.32. The number of aromatic nitrogens is 1. The fraction of sp³-hybridized carbons (Fsp3) is 0.688. The fourth-order valence-corrected chi connectivity index (χ4v) is 3.73. The number of anilines is 1. The van der Waals surface area contributed by atoms with E-state index in [-0.39, 0.29) is 0 Å². The minimum atomic E-state index is 0.767. The minimum absolute atomic E-state index is 0.767. The van der Waals surface area contributed by atoms with Gasteiger partial charge in [-0.25, -0.2) is 4.98 Å². The van der Waals surface area contributed by atoms with Crippen LogP contribution < -0.4 is 10.2 Å². The number of fused-ring (bicyclic) bond motifs is 2. The summed E-state index contributed by atoms with van der Waals surface area (Å²) in [6.45, 7) is 4.36. The standard InChI is InChI=1S/C16H23N3/c1-11-6-13(9-17-14-3-4-14)8-16(18-11)19-10-12-2-5-15(19)7-12/h6,8,12,14-15,17H,2-5,7,9-10H2,1H3. The van der Waals surface area contributed by atoms with E-state index in [1.807, 2.05) is 0 Å². The zero-order valence-corrected chi connectivity index (χ0v) is 11.7. The highest BCUT2D eigenvalue weighted by molar-refractivity contribution is 5.46. The largest absolute Gasteiger partial charge is 0.353 e. The van der Waals surface area contributed by atoms with Crippen molar-refractivity contribution in [1.29, 1.82) is 0 Å². The summed E-state index contributed by atoms with van der Waals surface area (Å²) in [7, 11) is 0. The summed E-state index contributed by atoms with van der Waals surface area (Å²) in [6.07, 6.45) is 6.91. The number of rotatable bonds is 4. The van der Waals surface area contributed by atoms with Gasteiger partial charge in [0.15, 0.2) is 0 Å². The van der Waals surface area contributed by atoms with Crippen LogP contribution in [0.2, 0.25) is 0 Å². The smallest absolute Gasteiger partial charge is 0.129 e. The van der Waals surface area contributed by atoms with Crippen LogP contribution >= 0.6 is 0 Å². The van der Waals surface area contributed by atoms with Gasteiger partial charge in [-0.3, -0.25) is 0 Å². The second-order valence-corrected chi connectivity index (χ2v) is 6.62. The van der Waals surface area contributed by atoms with E-state index in [0.29, 0.717) is 0 Å². The highest BCUT2D eigenvalue weighted by atomic mass is 15.2.